The molecule has 0 aromatic heterocycles. The maximum atomic E-state index is 11.2. The Kier molecular flexibility index (Phi) is 6.00. The van der Waals surface area contributed by atoms with Crippen molar-refractivity contribution in [1.82, 2.24) is 0 Å². The number of nitrogens with one attached hydrogen (secondary N) is 1. The molecule has 0 saturated carbocycles. The van der Waals surface area contributed by atoms with E-state index in [1.54, 1.807) is 12.1 Å². The second kappa shape index (κ2) is 9.41. The van der Waals surface area contributed by atoms with Crippen molar-refractivity contribution in [2.24, 2.45) is 0 Å². The summed E-state index contributed by atoms with van der Waals surface area (Å²) in [7, 11) is 0. The monoisotopic (exact) mass is 453 g/mol. The van der Waals surface area contributed by atoms with Crippen LogP contribution in [0, 0.1) is 19.3 Å². The minimum atomic E-state index is -0.579. The van der Waals surface area contributed by atoms with Gasteiger partial charge in [-0.2, -0.15) is 0 Å². The lowest BCUT2D eigenvalue weighted by Gasteiger charge is -2.34. The molecule has 0 fully saturated rings. The first-order chi connectivity index (χ1) is 17.2. The van der Waals surface area contributed by atoms with E-state index < -0.39 is 5.41 Å². The third-order valence-corrected chi connectivity index (χ3v) is 6.81. The summed E-state index contributed by atoms with van der Waals surface area (Å²) in [6.07, 6.45) is 13.7. The van der Waals surface area contributed by atoms with Crippen LogP contribution in [0.4, 0.5) is 11.4 Å². The molecule has 0 spiro atoms. The Morgan fingerprint density at radius 2 is 1.49 bits per heavy atom. The predicted molar refractivity (Wildman–Crippen MR) is 146 cm³/mol. The second-order valence-electron chi connectivity index (χ2n) is 8.79. The first-order valence-corrected chi connectivity index (χ1v) is 11.8. The third kappa shape index (κ3) is 3.82. The van der Waals surface area contributed by atoms with Crippen LogP contribution in [0.1, 0.15) is 28.7 Å². The molecule has 1 atom stereocenters. The van der Waals surface area contributed by atoms with E-state index in [1.807, 2.05) is 42.5 Å². The quantitative estimate of drug-likeness (QED) is 0.230. The molecule has 1 aliphatic rings. The van der Waals surface area contributed by atoms with E-state index in [9.17, 15) is 5.11 Å². The van der Waals surface area contributed by atoms with Gasteiger partial charge in [-0.05, 0) is 65.4 Å². The van der Waals surface area contributed by atoms with Crippen LogP contribution < -0.4 is 5.32 Å². The molecule has 35 heavy (non-hydrogen) atoms. The van der Waals surface area contributed by atoms with Crippen LogP contribution >= 0.6 is 0 Å². The van der Waals surface area contributed by atoms with E-state index in [0.29, 0.717) is 6.42 Å². The summed E-state index contributed by atoms with van der Waals surface area (Å²) >= 11 is 0. The first kappa shape index (κ1) is 22.3. The predicted octanol–water partition coefficient (Wildman–Crippen LogP) is 7.89. The first-order valence-electron chi connectivity index (χ1n) is 11.8. The average Bonchev–Trinajstić information content (AvgIpc) is 3.17. The number of allylic oxidation sites excluding steroid dienone is 4. The molecule has 2 nitrogen and oxygen atoms in total. The van der Waals surface area contributed by atoms with Crippen molar-refractivity contribution in [3.63, 3.8) is 0 Å². The molecule has 2 heteroatoms. The highest BCUT2D eigenvalue weighted by Crippen LogP contribution is 2.58. The van der Waals surface area contributed by atoms with Gasteiger partial charge in [0.25, 0.3) is 0 Å². The molecule has 0 bridgehead atoms. The Hall–Kier alpha value is -4.48. The van der Waals surface area contributed by atoms with Crippen molar-refractivity contribution >= 4 is 11.4 Å². The molecule has 2 N–H and O–H groups in total. The number of fused-ring (bicyclic) bond motifs is 3. The van der Waals surface area contributed by atoms with Crippen molar-refractivity contribution in [2.45, 2.75) is 18.8 Å². The number of aromatic hydroxyl groups is 1. The number of phenols is 1. The van der Waals surface area contributed by atoms with Crippen LogP contribution in [-0.2, 0) is 5.41 Å². The largest absolute Gasteiger partial charge is 0.508 e. The summed E-state index contributed by atoms with van der Waals surface area (Å²) in [4.78, 5) is 0. The molecule has 4 aromatic carbocycles. The van der Waals surface area contributed by atoms with Gasteiger partial charge in [0, 0.05) is 16.9 Å². The topological polar surface area (TPSA) is 32.3 Å². The van der Waals surface area contributed by atoms with E-state index in [2.05, 4.69) is 78.8 Å². The van der Waals surface area contributed by atoms with Gasteiger partial charge < -0.3 is 10.4 Å². The van der Waals surface area contributed by atoms with Gasteiger partial charge in [0.2, 0.25) is 0 Å². The van der Waals surface area contributed by atoms with Crippen LogP contribution in [-0.4, -0.2) is 5.11 Å². The summed E-state index contributed by atoms with van der Waals surface area (Å²) in [6, 6.07) is 30.9. The lowest BCUT2D eigenvalue weighted by atomic mass is 9.69. The number of aryl methyl sites for hydroxylation is 1. The Morgan fingerprint density at radius 3 is 2.29 bits per heavy atom. The number of benzene rings is 4. The van der Waals surface area contributed by atoms with Crippen LogP contribution in [0.5, 0.6) is 5.75 Å². The van der Waals surface area contributed by atoms with Crippen LogP contribution in [0.25, 0.3) is 11.1 Å². The number of hydrogen-bond donors (Lipinski definition) is 2. The fraction of sp³-hybridized carbons (Fsp3) is 0.0909. The molecule has 4 aromatic rings. The molecule has 0 heterocycles. The highest BCUT2D eigenvalue weighted by atomic mass is 16.3. The van der Waals surface area contributed by atoms with E-state index >= 15 is 0 Å². The third-order valence-electron chi connectivity index (χ3n) is 6.81. The maximum Gasteiger partial charge on any atom is 0.120 e. The van der Waals surface area contributed by atoms with Gasteiger partial charge in [-0.25, -0.2) is 0 Å². The van der Waals surface area contributed by atoms with Crippen LogP contribution in [0.3, 0.4) is 0 Å². The Labute approximate surface area is 207 Å². The molecule has 0 radical (unpaired) electrons. The number of anilines is 2. The Balaban J connectivity index is 1.80. The second-order valence-corrected chi connectivity index (χ2v) is 8.79. The van der Waals surface area contributed by atoms with Gasteiger partial charge in [-0.3, -0.25) is 0 Å². The summed E-state index contributed by atoms with van der Waals surface area (Å²) in [5, 5.41) is 14.9. The molecule has 0 saturated heterocycles. The average molecular weight is 454 g/mol. The van der Waals surface area contributed by atoms with Crippen molar-refractivity contribution in [3.8, 4) is 29.2 Å². The Bertz CT molecular complexity index is 1490. The highest BCUT2D eigenvalue weighted by molar-refractivity contribution is 5.90. The van der Waals surface area contributed by atoms with Gasteiger partial charge in [0.1, 0.15) is 5.75 Å². The molecular weight excluding hydrogens is 426 g/mol. The van der Waals surface area contributed by atoms with E-state index in [-0.39, 0.29) is 5.75 Å². The number of rotatable bonds is 6. The maximum absolute atomic E-state index is 11.2. The lowest BCUT2D eigenvalue weighted by molar-refractivity contribution is 0.454. The van der Waals surface area contributed by atoms with Gasteiger partial charge in [-0.15, -0.1) is 6.42 Å². The van der Waals surface area contributed by atoms with Crippen molar-refractivity contribution < 1.29 is 5.11 Å². The lowest BCUT2D eigenvalue weighted by Crippen LogP contribution is -2.27. The molecule has 1 unspecified atom stereocenters. The van der Waals surface area contributed by atoms with E-state index in [4.69, 9.17) is 6.42 Å². The van der Waals surface area contributed by atoms with Crippen molar-refractivity contribution in [3.05, 3.63) is 138 Å². The molecule has 0 amide bonds. The van der Waals surface area contributed by atoms with Crippen molar-refractivity contribution in [2.75, 3.05) is 5.32 Å². The molecule has 170 valence electrons. The van der Waals surface area contributed by atoms with E-state index in [0.717, 1.165) is 22.5 Å². The molecular formula is C33H27NO. The number of para-hydroxylation sites is 2. The smallest absolute Gasteiger partial charge is 0.120 e. The summed E-state index contributed by atoms with van der Waals surface area (Å²) in [5.74, 6) is 2.82. The van der Waals surface area contributed by atoms with Gasteiger partial charge >= 0.3 is 0 Å². The van der Waals surface area contributed by atoms with Crippen molar-refractivity contribution in [1.29, 1.82) is 0 Å². The zero-order valence-corrected chi connectivity index (χ0v) is 19.7. The minimum Gasteiger partial charge on any atom is -0.508 e. The summed E-state index contributed by atoms with van der Waals surface area (Å²) in [5.41, 5.74) is 8.28. The van der Waals surface area contributed by atoms with Gasteiger partial charge in [0.05, 0.1) is 5.41 Å². The molecule has 1 aliphatic carbocycles. The van der Waals surface area contributed by atoms with Gasteiger partial charge in [0.15, 0.2) is 0 Å². The molecule has 5 rings (SSSR count). The fourth-order valence-corrected chi connectivity index (χ4v) is 5.29. The number of terminal acetylenes is 1. The zero-order valence-electron chi connectivity index (χ0n) is 19.7. The highest BCUT2D eigenvalue weighted by Gasteiger charge is 2.46. The van der Waals surface area contributed by atoms with Crippen LogP contribution in [0.15, 0.2) is 115 Å². The SMILES string of the molecule is C#C/C=C\C=C/CC1(c2ccccc2O)c2ccccc2-c2cccc(Nc3ccccc3C)c21. The van der Waals surface area contributed by atoms with E-state index in [1.165, 1.54) is 22.3 Å². The zero-order chi connectivity index (χ0) is 24.3. The normalized spacial score (nSPS) is 16.2. The summed E-state index contributed by atoms with van der Waals surface area (Å²) < 4.78 is 0. The minimum absolute atomic E-state index is 0.286. The van der Waals surface area contributed by atoms with Gasteiger partial charge in [-0.1, -0.05) is 96.9 Å². The number of hydrogen-bond acceptors (Lipinski definition) is 2. The summed E-state index contributed by atoms with van der Waals surface area (Å²) in [6.45, 7) is 2.11. The van der Waals surface area contributed by atoms with Crippen LogP contribution in [0.2, 0.25) is 0 Å². The standard InChI is InChI=1S/C33H27NO/c1-3-4-5-6-13-23-33(28-19-10-12-22-31(28)35)27-18-9-8-16-25(27)26-17-14-21-30(32(26)33)34-29-20-11-7-15-24(29)2/h1,4-22,34-35H,23H2,2H3/b5-4-,13-6-. The Morgan fingerprint density at radius 1 is 0.800 bits per heavy atom. The molecule has 0 aliphatic heterocycles. The number of phenolic OH excluding ortho intramolecular Hbond substituents is 1. The fourth-order valence-electron chi connectivity index (χ4n) is 5.29.